The number of methoxy groups -OCH3 is 1. The highest BCUT2D eigenvalue weighted by molar-refractivity contribution is 5.95. The molecule has 2 amide bonds. The number of hydrogen-bond acceptors (Lipinski definition) is 3. The summed E-state index contributed by atoms with van der Waals surface area (Å²) in [6, 6.07) is 25.6. The molecule has 3 aromatic rings. The van der Waals surface area contributed by atoms with E-state index in [0.29, 0.717) is 17.9 Å². The third-order valence-corrected chi connectivity index (χ3v) is 4.45. The lowest BCUT2D eigenvalue weighted by Gasteiger charge is -2.19. The van der Waals surface area contributed by atoms with Crippen LogP contribution in [-0.2, 0) is 16.1 Å². The molecule has 0 aliphatic rings. The molecule has 0 heterocycles. The van der Waals surface area contributed by atoms with E-state index in [0.717, 1.165) is 11.1 Å². The first-order valence-electron chi connectivity index (χ1n) is 9.44. The van der Waals surface area contributed by atoms with Gasteiger partial charge in [0.25, 0.3) is 5.91 Å². The minimum atomic E-state index is -0.439. The number of carbonyl (C=O) groups excluding carboxylic acids is 2. The standard InChI is InChI=1S/C24H24N2O3/c1-29-17-18-9-8-14-21(15-18)25-23(27)16-22(19-10-4-2-5-11-19)26-24(28)20-12-6-3-7-13-20/h2-15,22H,16-17H2,1H3,(H,25,27)(H,26,28). The second kappa shape index (κ2) is 10.2. The highest BCUT2D eigenvalue weighted by atomic mass is 16.5. The summed E-state index contributed by atoms with van der Waals surface area (Å²) < 4.78 is 5.14. The normalized spacial score (nSPS) is 11.5. The molecule has 0 aromatic heterocycles. The second-order valence-corrected chi connectivity index (χ2v) is 6.69. The van der Waals surface area contributed by atoms with Gasteiger partial charge in [0.1, 0.15) is 0 Å². The van der Waals surface area contributed by atoms with E-state index in [4.69, 9.17) is 4.74 Å². The number of nitrogens with one attached hydrogen (secondary N) is 2. The molecule has 2 N–H and O–H groups in total. The van der Waals surface area contributed by atoms with Gasteiger partial charge in [0.2, 0.25) is 5.91 Å². The molecule has 0 radical (unpaired) electrons. The van der Waals surface area contributed by atoms with Crippen LogP contribution in [-0.4, -0.2) is 18.9 Å². The van der Waals surface area contributed by atoms with Crippen molar-refractivity contribution in [3.05, 3.63) is 102 Å². The fraction of sp³-hybridized carbons (Fsp3) is 0.167. The third-order valence-electron chi connectivity index (χ3n) is 4.45. The fourth-order valence-electron chi connectivity index (χ4n) is 3.07. The molecule has 1 unspecified atom stereocenters. The summed E-state index contributed by atoms with van der Waals surface area (Å²) in [4.78, 5) is 25.3. The van der Waals surface area contributed by atoms with Crippen molar-refractivity contribution in [2.75, 3.05) is 12.4 Å². The van der Waals surface area contributed by atoms with Gasteiger partial charge in [0.15, 0.2) is 0 Å². The molecule has 148 valence electrons. The van der Waals surface area contributed by atoms with Crippen molar-refractivity contribution in [3.63, 3.8) is 0 Å². The SMILES string of the molecule is COCc1cccc(NC(=O)CC(NC(=O)c2ccccc2)c2ccccc2)c1. The summed E-state index contributed by atoms with van der Waals surface area (Å²) in [7, 11) is 1.63. The summed E-state index contributed by atoms with van der Waals surface area (Å²) in [6.07, 6.45) is 0.122. The Balaban J connectivity index is 1.72. The van der Waals surface area contributed by atoms with E-state index < -0.39 is 6.04 Å². The van der Waals surface area contributed by atoms with Gasteiger partial charge < -0.3 is 15.4 Å². The minimum absolute atomic E-state index is 0.122. The maximum atomic E-state index is 12.7. The first kappa shape index (κ1) is 20.3. The van der Waals surface area contributed by atoms with Gasteiger partial charge in [-0.05, 0) is 35.4 Å². The third kappa shape index (κ3) is 6.02. The molecule has 0 aliphatic heterocycles. The molecule has 5 nitrogen and oxygen atoms in total. The van der Waals surface area contributed by atoms with Gasteiger partial charge in [-0.2, -0.15) is 0 Å². The van der Waals surface area contributed by atoms with Crippen molar-refractivity contribution >= 4 is 17.5 Å². The van der Waals surface area contributed by atoms with Gasteiger partial charge in [-0.25, -0.2) is 0 Å². The Morgan fingerprint density at radius 2 is 1.59 bits per heavy atom. The van der Waals surface area contributed by atoms with Gasteiger partial charge in [-0.15, -0.1) is 0 Å². The van der Waals surface area contributed by atoms with Crippen LogP contribution in [0.4, 0.5) is 5.69 Å². The molecule has 3 rings (SSSR count). The van der Waals surface area contributed by atoms with E-state index in [2.05, 4.69) is 10.6 Å². The molecule has 0 spiro atoms. The maximum absolute atomic E-state index is 12.7. The Morgan fingerprint density at radius 1 is 0.897 bits per heavy atom. The molecule has 0 fully saturated rings. The molecule has 3 aromatic carbocycles. The Hall–Kier alpha value is -3.44. The summed E-state index contributed by atoms with van der Waals surface area (Å²) in [5.41, 5.74) is 3.11. The molecular formula is C24H24N2O3. The van der Waals surface area contributed by atoms with Crippen LogP contribution in [0.5, 0.6) is 0 Å². The number of benzene rings is 3. The van der Waals surface area contributed by atoms with E-state index >= 15 is 0 Å². The summed E-state index contributed by atoms with van der Waals surface area (Å²) in [6.45, 7) is 0.476. The zero-order valence-electron chi connectivity index (χ0n) is 16.3. The average Bonchev–Trinajstić information content (AvgIpc) is 2.75. The largest absolute Gasteiger partial charge is 0.380 e. The Morgan fingerprint density at radius 3 is 2.28 bits per heavy atom. The number of rotatable bonds is 8. The highest BCUT2D eigenvalue weighted by Gasteiger charge is 2.19. The van der Waals surface area contributed by atoms with Crippen molar-refractivity contribution < 1.29 is 14.3 Å². The number of anilines is 1. The lowest BCUT2D eigenvalue weighted by Crippen LogP contribution is -2.31. The van der Waals surface area contributed by atoms with E-state index in [1.165, 1.54) is 0 Å². The first-order valence-corrected chi connectivity index (χ1v) is 9.44. The summed E-state index contributed by atoms with van der Waals surface area (Å²) >= 11 is 0. The van der Waals surface area contributed by atoms with E-state index in [9.17, 15) is 9.59 Å². The molecule has 5 heteroatoms. The van der Waals surface area contributed by atoms with Crippen LogP contribution in [0, 0.1) is 0 Å². The van der Waals surface area contributed by atoms with Crippen molar-refractivity contribution in [1.29, 1.82) is 0 Å². The summed E-state index contributed by atoms with van der Waals surface area (Å²) in [5, 5.41) is 5.89. The zero-order valence-corrected chi connectivity index (χ0v) is 16.3. The van der Waals surface area contributed by atoms with Crippen LogP contribution < -0.4 is 10.6 Å². The lowest BCUT2D eigenvalue weighted by molar-refractivity contribution is -0.116. The Kier molecular flexibility index (Phi) is 7.14. The Bertz CT molecular complexity index is 943. The Labute approximate surface area is 170 Å². The van der Waals surface area contributed by atoms with E-state index in [1.807, 2.05) is 72.8 Å². The van der Waals surface area contributed by atoms with Gasteiger partial charge >= 0.3 is 0 Å². The van der Waals surface area contributed by atoms with Crippen molar-refractivity contribution in [1.82, 2.24) is 5.32 Å². The molecule has 0 bridgehead atoms. The average molecular weight is 388 g/mol. The lowest BCUT2D eigenvalue weighted by atomic mass is 10.0. The minimum Gasteiger partial charge on any atom is -0.380 e. The van der Waals surface area contributed by atoms with Crippen LogP contribution >= 0.6 is 0 Å². The second-order valence-electron chi connectivity index (χ2n) is 6.69. The monoisotopic (exact) mass is 388 g/mol. The van der Waals surface area contributed by atoms with Crippen molar-refractivity contribution in [2.45, 2.75) is 19.1 Å². The number of hydrogen-bond donors (Lipinski definition) is 2. The van der Waals surface area contributed by atoms with Crippen molar-refractivity contribution in [2.24, 2.45) is 0 Å². The molecule has 0 saturated carbocycles. The number of carbonyl (C=O) groups is 2. The van der Waals surface area contributed by atoms with Crippen LogP contribution in [0.15, 0.2) is 84.9 Å². The van der Waals surface area contributed by atoms with E-state index in [-0.39, 0.29) is 18.2 Å². The van der Waals surface area contributed by atoms with Crippen molar-refractivity contribution in [3.8, 4) is 0 Å². The van der Waals surface area contributed by atoms with Crippen LogP contribution in [0.1, 0.15) is 33.9 Å². The quantitative estimate of drug-likeness (QED) is 0.603. The number of ether oxygens (including phenoxy) is 1. The topological polar surface area (TPSA) is 67.4 Å². The van der Waals surface area contributed by atoms with E-state index in [1.54, 1.807) is 19.2 Å². The van der Waals surface area contributed by atoms with Gasteiger partial charge in [0.05, 0.1) is 19.1 Å². The molecule has 0 aliphatic carbocycles. The highest BCUT2D eigenvalue weighted by Crippen LogP contribution is 2.19. The summed E-state index contributed by atoms with van der Waals surface area (Å²) in [5.74, 6) is -0.392. The van der Waals surface area contributed by atoms with Gasteiger partial charge in [-0.1, -0.05) is 60.7 Å². The zero-order chi connectivity index (χ0) is 20.5. The predicted octanol–water partition coefficient (Wildman–Crippen LogP) is 4.33. The van der Waals surface area contributed by atoms with Crippen LogP contribution in [0.25, 0.3) is 0 Å². The van der Waals surface area contributed by atoms with Crippen LogP contribution in [0.3, 0.4) is 0 Å². The maximum Gasteiger partial charge on any atom is 0.251 e. The fourth-order valence-corrected chi connectivity index (χ4v) is 3.07. The first-order chi connectivity index (χ1) is 14.2. The predicted molar refractivity (Wildman–Crippen MR) is 113 cm³/mol. The van der Waals surface area contributed by atoms with Crippen LogP contribution in [0.2, 0.25) is 0 Å². The van der Waals surface area contributed by atoms with Gasteiger partial charge in [-0.3, -0.25) is 9.59 Å². The smallest absolute Gasteiger partial charge is 0.251 e. The molecule has 29 heavy (non-hydrogen) atoms. The molecule has 1 atom stereocenters. The number of amides is 2. The molecule has 0 saturated heterocycles. The molecular weight excluding hydrogens is 364 g/mol. The van der Waals surface area contributed by atoms with Gasteiger partial charge in [0, 0.05) is 18.4 Å².